The number of aromatic amines is 1. The molecule has 1 atom stereocenters. The molecule has 2 saturated heterocycles. The van der Waals surface area contributed by atoms with E-state index in [0.29, 0.717) is 42.7 Å². The molecule has 0 radical (unpaired) electrons. The number of fused-ring (bicyclic) bond motifs is 2. The number of H-pyrrole nitrogens is 1. The number of sulfonamides is 1. The third-order valence-corrected chi connectivity index (χ3v) is 17.5. The number of carbonyl (C=O) groups is 1. The van der Waals surface area contributed by atoms with E-state index >= 15 is 0 Å². The first kappa shape index (κ1) is 50.2. The first-order chi connectivity index (χ1) is 36.0. The Morgan fingerprint density at radius 1 is 0.987 bits per heavy atom. The van der Waals surface area contributed by atoms with E-state index in [0.717, 1.165) is 98.8 Å². The number of nitrogens with zero attached hydrogens (tertiary/aromatic N) is 5. The summed E-state index contributed by atoms with van der Waals surface area (Å²) in [5, 5.41) is 27.5. The molecule has 5 heterocycles. The normalized spacial score (nSPS) is 21.3. The van der Waals surface area contributed by atoms with Gasteiger partial charge in [0.2, 0.25) is 0 Å². The smallest absolute Gasteiger partial charge is 0.293 e. The van der Waals surface area contributed by atoms with Gasteiger partial charge in [0, 0.05) is 98.1 Å². The minimum absolute atomic E-state index is 0.0392. The van der Waals surface area contributed by atoms with Gasteiger partial charge < -0.3 is 34.2 Å². The molecule has 1 spiro atoms. The van der Waals surface area contributed by atoms with Crippen molar-refractivity contribution in [3.05, 3.63) is 142 Å². The molecule has 18 heteroatoms. The first-order valence-electron chi connectivity index (χ1n) is 26.0. The fourth-order valence-electron chi connectivity index (χ4n) is 12.1. The van der Waals surface area contributed by atoms with Gasteiger partial charge in [-0.3, -0.25) is 24.7 Å². The van der Waals surface area contributed by atoms with Crippen molar-refractivity contribution in [3.8, 4) is 17.2 Å². The number of methoxy groups -OCH3 is 1. The number of aliphatic hydroxyl groups is 1. The van der Waals surface area contributed by atoms with Crippen LogP contribution in [-0.2, 0) is 16.6 Å². The monoisotopic (exact) mass is 1040 g/mol. The molecular formula is C57H64N8O9S. The number of furan rings is 1. The molecule has 1 amide bonds. The van der Waals surface area contributed by atoms with Crippen LogP contribution in [0.2, 0.25) is 0 Å². The number of hydrogen-bond acceptors (Lipinski definition) is 14. The second kappa shape index (κ2) is 19.9. The first-order valence-corrected chi connectivity index (χ1v) is 27.4. The molecule has 2 aliphatic heterocycles. The standard InChI is InChI=1S/C57H64N8O9S/c1-36(2)45-7-5-6-8-46(45)50-33-62(32-38-23-39-16-22-73-53(39)52(24-38)72-4)20-21-64(50)42-28-57(29-42)34-63(35-57)41-9-11-47(51(26-41)74-43-25-40-15-19-58-54(40)60-31-43)55(66)61-75(70,71)44-10-12-48(49(27-44)65(68)69)59-30-37-13-17-56(3,67)18-14-37/h5-12,15-16,19,22-27,31,36-37,42,50,59,67H,13-14,17-18,20-21,28-30,32-35H2,1-4H3,(H,58,60)(H,61,66)/t37-,50-,56-/m0/s1. The van der Waals surface area contributed by atoms with Gasteiger partial charge >= 0.3 is 0 Å². The number of nitro groups is 1. The predicted octanol–water partition coefficient (Wildman–Crippen LogP) is 10.1. The summed E-state index contributed by atoms with van der Waals surface area (Å²) in [5.41, 5.74) is 5.32. The van der Waals surface area contributed by atoms with Crippen LogP contribution in [0.5, 0.6) is 17.2 Å². The van der Waals surface area contributed by atoms with Crippen molar-refractivity contribution in [2.75, 3.05) is 56.6 Å². The Morgan fingerprint density at radius 3 is 2.56 bits per heavy atom. The lowest BCUT2D eigenvalue weighted by atomic mass is 9.59. The summed E-state index contributed by atoms with van der Waals surface area (Å²) in [6.45, 7) is 12.0. The average Bonchev–Trinajstić information content (AvgIpc) is 4.05. The zero-order valence-corrected chi connectivity index (χ0v) is 43.6. The van der Waals surface area contributed by atoms with Gasteiger partial charge in [0.25, 0.3) is 21.6 Å². The lowest BCUT2D eigenvalue weighted by Gasteiger charge is -2.63. The number of nitrogens with one attached hydrogen (secondary N) is 3. The average molecular weight is 1040 g/mol. The van der Waals surface area contributed by atoms with E-state index in [2.05, 4.69) is 85.0 Å². The van der Waals surface area contributed by atoms with E-state index in [1.54, 1.807) is 37.8 Å². The Morgan fingerprint density at radius 2 is 1.79 bits per heavy atom. The third kappa shape index (κ3) is 10.3. The molecule has 7 aromatic rings. The lowest BCUT2D eigenvalue weighted by molar-refractivity contribution is -0.384. The number of rotatable bonds is 16. The molecule has 4 aliphatic rings. The van der Waals surface area contributed by atoms with Crippen LogP contribution in [0.25, 0.3) is 22.0 Å². The number of carbonyl (C=O) groups excluding carboxylic acids is 1. The molecule has 0 unspecified atom stereocenters. The zero-order chi connectivity index (χ0) is 52.2. The van der Waals surface area contributed by atoms with E-state index in [1.165, 1.54) is 35.0 Å². The van der Waals surface area contributed by atoms with Crippen molar-refractivity contribution in [1.29, 1.82) is 0 Å². The summed E-state index contributed by atoms with van der Waals surface area (Å²) in [4.78, 5) is 40.4. The summed E-state index contributed by atoms with van der Waals surface area (Å²) < 4.78 is 47.7. The summed E-state index contributed by atoms with van der Waals surface area (Å²) in [6, 6.07) is 28.2. The lowest BCUT2D eigenvalue weighted by Crippen LogP contribution is -2.68. The molecule has 4 N–H and O–H groups in total. The third-order valence-electron chi connectivity index (χ3n) is 16.2. The number of nitro benzene ring substituents is 1. The number of pyridine rings is 1. The summed E-state index contributed by atoms with van der Waals surface area (Å²) in [7, 11) is -2.91. The van der Waals surface area contributed by atoms with Crippen LogP contribution in [0.4, 0.5) is 17.1 Å². The van der Waals surface area contributed by atoms with Crippen LogP contribution in [0.3, 0.4) is 0 Å². The Kier molecular flexibility index (Phi) is 13.3. The van der Waals surface area contributed by atoms with Crippen molar-refractivity contribution < 1.29 is 37.1 Å². The van der Waals surface area contributed by atoms with Gasteiger partial charge in [-0.2, -0.15) is 0 Å². The number of piperazine rings is 1. The topological polar surface area (TPSA) is 209 Å². The summed E-state index contributed by atoms with van der Waals surface area (Å²) >= 11 is 0. The second-order valence-corrected chi connectivity index (χ2v) is 23.6. The number of benzene rings is 4. The van der Waals surface area contributed by atoms with Crippen LogP contribution in [0.15, 0.2) is 119 Å². The SMILES string of the molecule is COc1cc(CN2CCN(C3CC4(C3)CN(c3ccc(C(=O)NS(=O)(=O)c5ccc(NC[C@H]6CC[C@](C)(O)CC6)c([N+](=O)[O-])c5)c(Oc5cnc6[nH]ccc6c5)c3)C4)[C@H](c3ccccc3C(C)C)C2)cc2ccoc12. The van der Waals surface area contributed by atoms with Crippen molar-refractivity contribution in [1.82, 2.24) is 24.5 Å². The predicted molar refractivity (Wildman–Crippen MR) is 287 cm³/mol. The minimum Gasteiger partial charge on any atom is -0.493 e. The van der Waals surface area contributed by atoms with Gasteiger partial charge in [-0.05, 0) is 129 Å². The second-order valence-electron chi connectivity index (χ2n) is 21.9. The molecule has 11 rings (SSSR count). The van der Waals surface area contributed by atoms with Gasteiger partial charge in [0.1, 0.15) is 22.8 Å². The summed E-state index contributed by atoms with van der Waals surface area (Å²) in [5.74, 6) is 0.844. The number of aromatic nitrogens is 2. The van der Waals surface area contributed by atoms with Gasteiger partial charge in [-0.15, -0.1) is 0 Å². The minimum atomic E-state index is -4.60. The van der Waals surface area contributed by atoms with Gasteiger partial charge in [0.15, 0.2) is 11.3 Å². The quantitative estimate of drug-likeness (QED) is 0.0525. The van der Waals surface area contributed by atoms with Gasteiger partial charge in [-0.25, -0.2) is 18.1 Å². The van der Waals surface area contributed by atoms with Crippen molar-refractivity contribution in [2.45, 2.75) is 94.3 Å². The van der Waals surface area contributed by atoms with E-state index in [4.69, 9.17) is 13.9 Å². The maximum absolute atomic E-state index is 14.1. The summed E-state index contributed by atoms with van der Waals surface area (Å²) in [6.07, 6.45) is 9.90. The molecule has 3 aromatic heterocycles. The van der Waals surface area contributed by atoms with Gasteiger partial charge in [-0.1, -0.05) is 38.1 Å². The van der Waals surface area contributed by atoms with Crippen LogP contribution in [0.1, 0.15) is 98.3 Å². The van der Waals surface area contributed by atoms with E-state index in [-0.39, 0.29) is 34.4 Å². The van der Waals surface area contributed by atoms with E-state index in [1.807, 2.05) is 25.1 Å². The van der Waals surface area contributed by atoms with Crippen LogP contribution >= 0.6 is 0 Å². The van der Waals surface area contributed by atoms with Gasteiger partial charge in [0.05, 0.1) is 40.6 Å². The Labute approximate surface area is 436 Å². The van der Waals surface area contributed by atoms with E-state index < -0.39 is 37.0 Å². The highest BCUT2D eigenvalue weighted by Crippen LogP contribution is 2.54. The maximum atomic E-state index is 14.1. The zero-order valence-electron chi connectivity index (χ0n) is 42.8. The van der Waals surface area contributed by atoms with Crippen LogP contribution in [0, 0.1) is 21.4 Å². The number of amides is 1. The molecule has 0 bridgehead atoms. The van der Waals surface area contributed by atoms with E-state index in [9.17, 15) is 28.4 Å². The molecule has 17 nitrogen and oxygen atoms in total. The van der Waals surface area contributed by atoms with Crippen molar-refractivity contribution in [3.63, 3.8) is 0 Å². The highest BCUT2D eigenvalue weighted by Gasteiger charge is 2.55. The molecule has 2 saturated carbocycles. The Hall–Kier alpha value is -6.99. The number of ether oxygens (including phenoxy) is 2. The molecule has 75 heavy (non-hydrogen) atoms. The molecular weight excluding hydrogens is 973 g/mol. The largest absolute Gasteiger partial charge is 0.493 e. The fraction of sp³-hybridized carbons (Fsp3) is 0.404. The molecule has 4 aromatic carbocycles. The molecule has 392 valence electrons. The van der Waals surface area contributed by atoms with Crippen LogP contribution < -0.4 is 24.4 Å². The molecule has 2 aliphatic carbocycles. The Balaban J connectivity index is 0.791. The van der Waals surface area contributed by atoms with Crippen molar-refractivity contribution in [2.24, 2.45) is 11.3 Å². The van der Waals surface area contributed by atoms with Crippen molar-refractivity contribution >= 4 is 55.0 Å². The molecule has 4 fully saturated rings. The number of hydrogen-bond donors (Lipinski definition) is 4. The number of anilines is 2. The fourth-order valence-corrected chi connectivity index (χ4v) is 13.1. The maximum Gasteiger partial charge on any atom is 0.293 e. The van der Waals surface area contributed by atoms with Crippen LogP contribution in [-0.4, -0.2) is 102 Å². The highest BCUT2D eigenvalue weighted by atomic mass is 32.2. The Bertz CT molecular complexity index is 3390. The highest BCUT2D eigenvalue weighted by molar-refractivity contribution is 7.90.